The standard InChI is InChI=1S/C19H17F3N3.BF4/c20-19(21,22)15-6-8-16(9-7-15)25-13-24-17(10-11-18(24)23-25)12-14-4-2-1-3-5-14;2-1(3,4)5/h1-9,13,17H,10-12H2;/q+1;-1/t17-;/m0./s1. The number of hydrogen-bond donors (Lipinski definition) is 0. The van der Waals surface area contributed by atoms with Gasteiger partial charge in [-0.3, -0.25) is 0 Å². The maximum Gasteiger partial charge on any atom is 0.673 e. The van der Waals surface area contributed by atoms with Crippen LogP contribution >= 0.6 is 0 Å². The highest BCUT2D eigenvalue weighted by Crippen LogP contribution is 2.29. The summed E-state index contributed by atoms with van der Waals surface area (Å²) in [5, 5.41) is 4.54. The number of rotatable bonds is 3. The van der Waals surface area contributed by atoms with Crippen LogP contribution in [0.5, 0.6) is 0 Å². The van der Waals surface area contributed by atoms with Crippen LogP contribution in [0.3, 0.4) is 0 Å². The Morgan fingerprint density at radius 3 is 2.13 bits per heavy atom. The molecule has 0 saturated heterocycles. The molecule has 1 aliphatic rings. The van der Waals surface area contributed by atoms with Crippen molar-refractivity contribution in [3.8, 4) is 5.69 Å². The molecule has 3 nitrogen and oxygen atoms in total. The third-order valence-corrected chi connectivity index (χ3v) is 4.62. The average Bonchev–Trinajstić information content (AvgIpc) is 3.23. The predicted octanol–water partition coefficient (Wildman–Crippen LogP) is 5.21. The Balaban J connectivity index is 0.000000461. The molecule has 2 heterocycles. The van der Waals surface area contributed by atoms with Crippen LogP contribution in [-0.4, -0.2) is 17.0 Å². The number of aromatic nitrogens is 3. The summed E-state index contributed by atoms with van der Waals surface area (Å²) in [6.07, 6.45) is 0.409. The Morgan fingerprint density at radius 1 is 0.967 bits per heavy atom. The lowest BCUT2D eigenvalue weighted by atomic mass is 10.0. The van der Waals surface area contributed by atoms with Gasteiger partial charge >= 0.3 is 13.4 Å². The van der Waals surface area contributed by atoms with Gasteiger partial charge in [-0.05, 0) is 36.2 Å². The molecule has 2 aromatic carbocycles. The van der Waals surface area contributed by atoms with Crippen molar-refractivity contribution in [2.45, 2.75) is 31.5 Å². The molecule has 0 N–H and O–H groups in total. The van der Waals surface area contributed by atoms with Crippen LogP contribution in [0.4, 0.5) is 30.4 Å². The van der Waals surface area contributed by atoms with Gasteiger partial charge < -0.3 is 17.3 Å². The van der Waals surface area contributed by atoms with Crippen molar-refractivity contribution in [2.24, 2.45) is 0 Å². The maximum atomic E-state index is 12.7. The number of benzene rings is 2. The fourth-order valence-electron chi connectivity index (χ4n) is 3.32. The Bertz CT molecular complexity index is 961. The van der Waals surface area contributed by atoms with Crippen LogP contribution in [0, 0.1) is 0 Å². The predicted molar refractivity (Wildman–Crippen MR) is 96.5 cm³/mol. The number of halogens is 7. The SMILES string of the molecule is FC(F)(F)c1ccc(-n2c[n+]3c(n2)CC[C@H]3Cc2ccccc2)cc1.F[B-](F)(F)F. The summed E-state index contributed by atoms with van der Waals surface area (Å²) in [6, 6.07) is 15.7. The second kappa shape index (κ2) is 8.49. The molecule has 4 rings (SSSR count). The van der Waals surface area contributed by atoms with Crippen molar-refractivity contribution in [2.75, 3.05) is 0 Å². The van der Waals surface area contributed by atoms with Gasteiger partial charge in [0.1, 0.15) is 5.69 Å². The molecule has 0 amide bonds. The Morgan fingerprint density at radius 2 is 1.57 bits per heavy atom. The molecule has 0 radical (unpaired) electrons. The van der Waals surface area contributed by atoms with Crippen molar-refractivity contribution in [1.29, 1.82) is 0 Å². The molecule has 1 aromatic heterocycles. The van der Waals surface area contributed by atoms with Crippen LogP contribution in [0.2, 0.25) is 0 Å². The molecule has 11 heteroatoms. The summed E-state index contributed by atoms with van der Waals surface area (Å²) in [6.45, 7) is 0. The third-order valence-electron chi connectivity index (χ3n) is 4.62. The van der Waals surface area contributed by atoms with Crippen molar-refractivity contribution in [1.82, 2.24) is 9.78 Å². The maximum absolute atomic E-state index is 12.7. The average molecular weight is 431 g/mol. The van der Waals surface area contributed by atoms with Gasteiger partial charge in [0.25, 0.3) is 5.82 Å². The molecule has 0 saturated carbocycles. The third kappa shape index (κ3) is 5.83. The fraction of sp³-hybridized carbons (Fsp3) is 0.263. The lowest BCUT2D eigenvalue weighted by Gasteiger charge is -2.08. The van der Waals surface area contributed by atoms with E-state index in [4.69, 9.17) is 0 Å². The van der Waals surface area contributed by atoms with E-state index in [0.29, 0.717) is 11.7 Å². The van der Waals surface area contributed by atoms with Crippen molar-refractivity contribution >= 4 is 7.25 Å². The second-order valence-electron chi connectivity index (χ2n) is 6.81. The number of alkyl halides is 3. The van der Waals surface area contributed by atoms with Gasteiger partial charge in [-0.15, -0.1) is 0 Å². The van der Waals surface area contributed by atoms with Gasteiger partial charge in [0.2, 0.25) is 6.33 Å². The lowest BCUT2D eigenvalue weighted by molar-refractivity contribution is -0.716. The summed E-state index contributed by atoms with van der Waals surface area (Å²) in [5.41, 5.74) is 1.26. The van der Waals surface area contributed by atoms with E-state index in [1.54, 1.807) is 4.68 Å². The Labute approximate surface area is 167 Å². The quantitative estimate of drug-likeness (QED) is 0.317. The zero-order chi connectivity index (χ0) is 21.9. The van der Waals surface area contributed by atoms with Crippen LogP contribution in [-0.2, 0) is 19.0 Å². The molecule has 1 aliphatic heterocycles. The van der Waals surface area contributed by atoms with Crippen LogP contribution < -0.4 is 4.57 Å². The fourth-order valence-corrected chi connectivity index (χ4v) is 3.32. The minimum absolute atomic E-state index is 0.334. The summed E-state index contributed by atoms with van der Waals surface area (Å²) in [5.74, 6) is 0.973. The van der Waals surface area contributed by atoms with E-state index in [0.717, 1.165) is 37.2 Å². The number of hydrogen-bond acceptors (Lipinski definition) is 1. The Hall–Kier alpha value is -2.85. The van der Waals surface area contributed by atoms with Gasteiger partial charge in [0.15, 0.2) is 0 Å². The van der Waals surface area contributed by atoms with E-state index in [1.165, 1.54) is 17.7 Å². The normalized spacial score (nSPS) is 16.0. The molecule has 30 heavy (non-hydrogen) atoms. The topological polar surface area (TPSA) is 21.7 Å². The van der Waals surface area contributed by atoms with Crippen molar-refractivity contribution in [3.63, 3.8) is 0 Å². The molecule has 0 unspecified atom stereocenters. The second-order valence-corrected chi connectivity index (χ2v) is 6.81. The summed E-state index contributed by atoms with van der Waals surface area (Å²) >= 11 is 0. The van der Waals surface area contributed by atoms with Crippen LogP contribution in [0.1, 0.15) is 29.4 Å². The largest absolute Gasteiger partial charge is 0.673 e. The van der Waals surface area contributed by atoms with E-state index in [9.17, 15) is 30.4 Å². The van der Waals surface area contributed by atoms with Gasteiger partial charge in [-0.2, -0.15) is 13.2 Å². The summed E-state index contributed by atoms with van der Waals surface area (Å²) in [4.78, 5) is 0. The summed E-state index contributed by atoms with van der Waals surface area (Å²) in [7, 11) is -6.00. The van der Waals surface area contributed by atoms with E-state index in [2.05, 4.69) is 21.8 Å². The zero-order valence-electron chi connectivity index (χ0n) is 15.5. The van der Waals surface area contributed by atoms with Crippen LogP contribution in [0.25, 0.3) is 5.69 Å². The lowest BCUT2D eigenvalue weighted by Crippen LogP contribution is -2.37. The van der Waals surface area contributed by atoms with Crippen molar-refractivity contribution in [3.05, 3.63) is 77.9 Å². The first kappa shape index (κ1) is 21.9. The summed E-state index contributed by atoms with van der Waals surface area (Å²) < 4.78 is 80.9. The van der Waals surface area contributed by atoms with E-state index in [1.807, 2.05) is 24.5 Å². The first-order valence-corrected chi connectivity index (χ1v) is 9.09. The van der Waals surface area contributed by atoms with Gasteiger partial charge in [0, 0.05) is 17.9 Å². The van der Waals surface area contributed by atoms with E-state index < -0.39 is 19.0 Å². The highest BCUT2D eigenvalue weighted by Gasteiger charge is 2.33. The minimum atomic E-state index is -6.00. The van der Waals surface area contributed by atoms with E-state index in [-0.39, 0.29) is 0 Å². The smallest absolute Gasteiger partial charge is 0.418 e. The zero-order valence-corrected chi connectivity index (χ0v) is 15.5. The number of nitrogens with zero attached hydrogens (tertiary/aromatic N) is 3. The number of fused-ring (bicyclic) bond motifs is 1. The van der Waals surface area contributed by atoms with Gasteiger partial charge in [-0.25, -0.2) is 4.57 Å². The molecular formula is C19H17BF7N3. The molecular weight excluding hydrogens is 414 g/mol. The molecule has 0 bridgehead atoms. The molecule has 1 atom stereocenters. The molecule has 0 aliphatic carbocycles. The molecule has 160 valence electrons. The van der Waals surface area contributed by atoms with Crippen LogP contribution in [0.15, 0.2) is 60.9 Å². The number of aryl methyl sites for hydroxylation is 1. The molecule has 0 spiro atoms. The molecule has 3 aromatic rings. The highest BCUT2D eigenvalue weighted by molar-refractivity contribution is 6.50. The Kier molecular flexibility index (Phi) is 6.18. The van der Waals surface area contributed by atoms with Gasteiger partial charge in [0.05, 0.1) is 11.6 Å². The molecule has 0 fully saturated rings. The van der Waals surface area contributed by atoms with E-state index >= 15 is 0 Å². The van der Waals surface area contributed by atoms with Crippen molar-refractivity contribution < 1.29 is 35.0 Å². The monoisotopic (exact) mass is 431 g/mol. The minimum Gasteiger partial charge on any atom is -0.418 e. The first-order valence-electron chi connectivity index (χ1n) is 9.09. The van der Waals surface area contributed by atoms with Gasteiger partial charge in [-0.1, -0.05) is 35.0 Å². The highest BCUT2D eigenvalue weighted by atomic mass is 19.5. The first-order chi connectivity index (χ1) is 14.0.